The Hall–Kier alpha value is -2.87. The maximum Gasteiger partial charge on any atom is 0.219 e. The van der Waals surface area contributed by atoms with E-state index in [0.717, 1.165) is 0 Å². The van der Waals surface area contributed by atoms with E-state index in [1.54, 1.807) is 28.8 Å². The van der Waals surface area contributed by atoms with E-state index >= 15 is 0 Å². The summed E-state index contributed by atoms with van der Waals surface area (Å²) in [5.41, 5.74) is 5.89. The molecule has 0 radical (unpaired) electrons. The molecule has 0 aliphatic carbocycles. The van der Waals surface area contributed by atoms with Gasteiger partial charge in [-0.2, -0.15) is 0 Å². The molecule has 0 unspecified atom stereocenters. The van der Waals surface area contributed by atoms with Crippen LogP contribution in [0.4, 0.5) is 0 Å². The lowest BCUT2D eigenvalue weighted by Crippen LogP contribution is -2.15. The third kappa shape index (κ3) is 4.16. The zero-order chi connectivity index (χ0) is 17.6. The summed E-state index contributed by atoms with van der Waals surface area (Å²) >= 11 is 1.27. The van der Waals surface area contributed by atoms with Gasteiger partial charge in [-0.3, -0.25) is 14.2 Å². The van der Waals surface area contributed by atoms with Gasteiger partial charge in [-0.25, -0.2) is 0 Å². The van der Waals surface area contributed by atoms with Crippen LogP contribution in [0.5, 0.6) is 0 Å². The molecule has 3 aromatic rings. The lowest BCUT2D eigenvalue weighted by atomic mass is 10.2. The summed E-state index contributed by atoms with van der Waals surface area (Å²) in [5, 5.41) is 8.79. The molecule has 2 N–H and O–H groups in total. The van der Waals surface area contributed by atoms with Crippen LogP contribution in [0.3, 0.4) is 0 Å². The number of rotatable bonds is 8. The second-order valence-corrected chi connectivity index (χ2v) is 6.17. The quantitative estimate of drug-likeness (QED) is 0.491. The monoisotopic (exact) mass is 356 g/mol. The van der Waals surface area contributed by atoms with Crippen LogP contribution in [-0.4, -0.2) is 32.2 Å². The summed E-state index contributed by atoms with van der Waals surface area (Å²) in [6.07, 6.45) is 1.68. The van der Waals surface area contributed by atoms with Gasteiger partial charge in [-0.05, 0) is 12.1 Å². The van der Waals surface area contributed by atoms with E-state index in [-0.39, 0.29) is 18.0 Å². The normalized spacial score (nSPS) is 10.7. The van der Waals surface area contributed by atoms with Gasteiger partial charge in [-0.1, -0.05) is 42.1 Å². The number of carbonyl (C=O) groups is 2. The number of carbonyl (C=O) groups excluding carboxylic acids is 2. The number of primary amides is 1. The van der Waals surface area contributed by atoms with Crippen LogP contribution in [0, 0.1) is 0 Å². The topological polar surface area (TPSA) is 104 Å². The van der Waals surface area contributed by atoms with Gasteiger partial charge in [0.05, 0.1) is 12.0 Å². The van der Waals surface area contributed by atoms with Crippen molar-refractivity contribution in [1.82, 2.24) is 14.8 Å². The third-order valence-electron chi connectivity index (χ3n) is 3.47. The van der Waals surface area contributed by atoms with Crippen LogP contribution < -0.4 is 5.73 Å². The lowest BCUT2D eigenvalue weighted by molar-refractivity contribution is -0.118. The highest BCUT2D eigenvalue weighted by atomic mass is 32.2. The molecule has 1 amide bonds. The number of hydrogen-bond acceptors (Lipinski definition) is 6. The van der Waals surface area contributed by atoms with Gasteiger partial charge in [0.15, 0.2) is 22.5 Å². The van der Waals surface area contributed by atoms with Crippen LogP contribution in [0.2, 0.25) is 0 Å². The number of benzene rings is 1. The molecule has 8 heteroatoms. The van der Waals surface area contributed by atoms with E-state index in [1.807, 2.05) is 18.2 Å². The van der Waals surface area contributed by atoms with Crippen LogP contribution in [0.1, 0.15) is 16.8 Å². The molecular weight excluding hydrogens is 340 g/mol. The Morgan fingerprint density at radius 1 is 1.12 bits per heavy atom. The van der Waals surface area contributed by atoms with E-state index < -0.39 is 5.91 Å². The summed E-state index contributed by atoms with van der Waals surface area (Å²) in [4.78, 5) is 23.4. The molecule has 128 valence electrons. The first-order valence-corrected chi connectivity index (χ1v) is 8.60. The first kappa shape index (κ1) is 17.0. The Balaban J connectivity index is 1.78. The molecule has 0 atom stereocenters. The summed E-state index contributed by atoms with van der Waals surface area (Å²) in [6.45, 7) is 0.320. The largest absolute Gasteiger partial charge is 0.461 e. The number of furan rings is 1. The zero-order valence-corrected chi connectivity index (χ0v) is 14.1. The Kier molecular flexibility index (Phi) is 5.30. The van der Waals surface area contributed by atoms with E-state index in [4.69, 9.17) is 10.2 Å². The molecule has 0 bridgehead atoms. The van der Waals surface area contributed by atoms with E-state index in [9.17, 15) is 9.59 Å². The number of nitrogens with zero attached hydrogens (tertiary/aromatic N) is 3. The van der Waals surface area contributed by atoms with Crippen molar-refractivity contribution < 1.29 is 14.0 Å². The fourth-order valence-corrected chi connectivity index (χ4v) is 3.10. The van der Waals surface area contributed by atoms with Crippen LogP contribution in [0.15, 0.2) is 58.3 Å². The molecule has 25 heavy (non-hydrogen) atoms. The second kappa shape index (κ2) is 7.80. The highest BCUT2D eigenvalue weighted by Gasteiger charge is 2.18. The Bertz CT molecular complexity index is 859. The Morgan fingerprint density at radius 2 is 1.92 bits per heavy atom. The van der Waals surface area contributed by atoms with E-state index in [1.165, 1.54) is 18.0 Å². The van der Waals surface area contributed by atoms with Gasteiger partial charge >= 0.3 is 0 Å². The van der Waals surface area contributed by atoms with Gasteiger partial charge in [0, 0.05) is 18.5 Å². The number of aromatic nitrogens is 3. The predicted octanol–water partition coefficient (Wildman–Crippen LogP) is 2.39. The Labute approximate surface area is 148 Å². The summed E-state index contributed by atoms with van der Waals surface area (Å²) in [5.74, 6) is 0.834. The predicted molar refractivity (Wildman–Crippen MR) is 93.0 cm³/mol. The molecule has 0 aliphatic heterocycles. The number of amides is 1. The second-order valence-electron chi connectivity index (χ2n) is 5.23. The highest BCUT2D eigenvalue weighted by molar-refractivity contribution is 7.99. The molecule has 1 aromatic carbocycles. The van der Waals surface area contributed by atoms with E-state index in [2.05, 4.69) is 10.2 Å². The van der Waals surface area contributed by atoms with Crippen molar-refractivity contribution >= 4 is 23.5 Å². The number of hydrogen-bond donors (Lipinski definition) is 1. The molecule has 0 spiro atoms. The smallest absolute Gasteiger partial charge is 0.219 e. The van der Waals surface area contributed by atoms with Gasteiger partial charge in [0.2, 0.25) is 5.91 Å². The van der Waals surface area contributed by atoms with Gasteiger partial charge in [0.25, 0.3) is 0 Å². The van der Waals surface area contributed by atoms with Crippen molar-refractivity contribution in [1.29, 1.82) is 0 Å². The molecular formula is C17H16N4O3S. The minimum Gasteiger partial charge on any atom is -0.461 e. The first-order valence-electron chi connectivity index (χ1n) is 7.61. The SMILES string of the molecule is NC(=O)CCn1c(SCC(=O)c2ccccc2)nnc1-c1ccco1. The molecule has 2 aromatic heterocycles. The van der Waals surface area contributed by atoms with Crippen molar-refractivity contribution in [2.24, 2.45) is 5.73 Å². The maximum absolute atomic E-state index is 12.3. The van der Waals surface area contributed by atoms with Crippen molar-refractivity contribution in [3.8, 4) is 11.6 Å². The van der Waals surface area contributed by atoms with E-state index in [0.29, 0.717) is 28.8 Å². The zero-order valence-electron chi connectivity index (χ0n) is 13.3. The molecule has 7 nitrogen and oxygen atoms in total. The van der Waals surface area contributed by atoms with Crippen molar-refractivity contribution in [2.45, 2.75) is 18.1 Å². The average Bonchev–Trinajstić information content (AvgIpc) is 3.27. The average molecular weight is 356 g/mol. The van der Waals surface area contributed by atoms with Gasteiger partial charge in [0.1, 0.15) is 0 Å². The third-order valence-corrected chi connectivity index (χ3v) is 4.44. The first-order chi connectivity index (χ1) is 12.1. The highest BCUT2D eigenvalue weighted by Crippen LogP contribution is 2.25. The molecule has 0 aliphatic rings. The number of nitrogens with two attached hydrogens (primary N) is 1. The number of ketones is 1. The van der Waals surface area contributed by atoms with Crippen molar-refractivity contribution in [2.75, 3.05) is 5.75 Å². The van der Waals surface area contributed by atoms with Gasteiger partial charge < -0.3 is 10.2 Å². The van der Waals surface area contributed by atoms with Crippen molar-refractivity contribution in [3.05, 3.63) is 54.3 Å². The number of thioether (sulfide) groups is 1. The van der Waals surface area contributed by atoms with Crippen molar-refractivity contribution in [3.63, 3.8) is 0 Å². The van der Waals surface area contributed by atoms with Gasteiger partial charge in [-0.15, -0.1) is 10.2 Å². The Morgan fingerprint density at radius 3 is 2.60 bits per heavy atom. The van der Waals surface area contributed by atoms with Crippen LogP contribution in [-0.2, 0) is 11.3 Å². The number of Topliss-reactive ketones (excluding diaryl/α,β-unsaturated/α-hetero) is 1. The van der Waals surface area contributed by atoms with Crippen LogP contribution in [0.25, 0.3) is 11.6 Å². The molecule has 0 saturated heterocycles. The summed E-state index contributed by atoms with van der Waals surface area (Å²) in [6, 6.07) is 12.6. The fourth-order valence-electron chi connectivity index (χ4n) is 2.24. The molecule has 0 saturated carbocycles. The lowest BCUT2D eigenvalue weighted by Gasteiger charge is -2.07. The summed E-state index contributed by atoms with van der Waals surface area (Å²) < 4.78 is 7.10. The standard InChI is InChI=1S/C17H16N4O3S/c18-15(23)8-9-21-16(14-7-4-10-24-14)19-20-17(21)25-11-13(22)12-5-2-1-3-6-12/h1-7,10H,8-9,11H2,(H2,18,23). The minimum atomic E-state index is -0.421. The fraction of sp³-hybridized carbons (Fsp3) is 0.176. The van der Waals surface area contributed by atoms with Crippen LogP contribution >= 0.6 is 11.8 Å². The molecule has 3 rings (SSSR count). The minimum absolute atomic E-state index is 0.00500. The molecule has 2 heterocycles. The maximum atomic E-state index is 12.3. The molecule has 0 fully saturated rings. The summed E-state index contributed by atoms with van der Waals surface area (Å²) in [7, 11) is 0.